The highest BCUT2D eigenvalue weighted by Gasteiger charge is 2.30. The van der Waals surface area contributed by atoms with Crippen LogP contribution in [0.25, 0.3) is 88.1 Å². The Morgan fingerprint density at radius 2 is 1.10 bits per heavy atom. The molecule has 0 aliphatic heterocycles. The van der Waals surface area contributed by atoms with Gasteiger partial charge >= 0.3 is 0 Å². The molecule has 6 aromatic carbocycles. The van der Waals surface area contributed by atoms with Crippen molar-refractivity contribution in [3.8, 4) is 55.6 Å². The molecule has 2 heterocycles. The molecular weight excluding hydrogens is 508 g/mol. The fourth-order valence-electron chi connectivity index (χ4n) is 6.88. The zero-order valence-corrected chi connectivity index (χ0v) is 22.8. The van der Waals surface area contributed by atoms with Crippen LogP contribution in [0, 0.1) is 0 Å². The quantitative estimate of drug-likeness (QED) is 0.212. The fourth-order valence-corrected chi connectivity index (χ4v) is 6.88. The van der Waals surface area contributed by atoms with Crippen molar-refractivity contribution in [2.24, 2.45) is 0 Å². The molecule has 1 aliphatic rings. The molecule has 0 N–H and O–H groups in total. The van der Waals surface area contributed by atoms with E-state index in [0.29, 0.717) is 0 Å². The average Bonchev–Trinajstić information content (AvgIpc) is 3.40. The molecule has 0 radical (unpaired) electrons. The van der Waals surface area contributed by atoms with Crippen molar-refractivity contribution in [1.82, 2.24) is 9.97 Å². The van der Waals surface area contributed by atoms with Crippen LogP contribution >= 0.6 is 0 Å². The summed E-state index contributed by atoms with van der Waals surface area (Å²) in [6.45, 7) is 0. The number of nitrogens with zero attached hydrogens (tertiary/aromatic N) is 2. The van der Waals surface area contributed by atoms with Gasteiger partial charge in [-0.25, -0.2) is 0 Å². The Bertz CT molecular complexity index is 2330. The van der Waals surface area contributed by atoms with E-state index in [-0.39, 0.29) is 0 Å². The third-order valence-corrected chi connectivity index (χ3v) is 8.70. The summed E-state index contributed by atoms with van der Waals surface area (Å²) in [5.74, 6) is 0. The minimum Gasteiger partial charge on any atom is -0.264 e. The molecule has 8 aromatic rings. The lowest BCUT2D eigenvalue weighted by atomic mass is 9.82. The second-order valence-corrected chi connectivity index (χ2v) is 11.0. The van der Waals surface area contributed by atoms with Crippen LogP contribution in [0.15, 0.2) is 146 Å². The molecule has 2 nitrogen and oxygen atoms in total. The topological polar surface area (TPSA) is 25.8 Å². The summed E-state index contributed by atoms with van der Waals surface area (Å²) in [5, 5.41) is 5.94. The van der Waals surface area contributed by atoms with Gasteiger partial charge in [-0.3, -0.25) is 9.97 Å². The molecule has 0 bridgehead atoms. The summed E-state index contributed by atoms with van der Waals surface area (Å²) in [6.07, 6.45) is 5.80. The molecule has 0 amide bonds. The first-order chi connectivity index (χ1) is 20.8. The van der Waals surface area contributed by atoms with E-state index in [4.69, 9.17) is 4.98 Å². The number of fused-ring (bicyclic) bond motifs is 6. The molecule has 9 rings (SSSR count). The normalized spacial score (nSPS) is 11.8. The average molecular weight is 533 g/mol. The van der Waals surface area contributed by atoms with Gasteiger partial charge in [-0.05, 0) is 84.4 Å². The Morgan fingerprint density at radius 3 is 1.88 bits per heavy atom. The van der Waals surface area contributed by atoms with Crippen molar-refractivity contribution in [3.63, 3.8) is 0 Å². The Labute approximate surface area is 243 Å². The summed E-state index contributed by atoms with van der Waals surface area (Å²) in [5.41, 5.74) is 13.4. The van der Waals surface area contributed by atoms with Crippen molar-refractivity contribution in [1.29, 1.82) is 0 Å². The third-order valence-electron chi connectivity index (χ3n) is 8.70. The van der Waals surface area contributed by atoms with Crippen LogP contribution < -0.4 is 0 Å². The standard InChI is InChI=1S/C40H24N2/c1-3-9-25(10-4-1)33-22-34(30-21-29-18-17-26-19-20-41-24-35(26)40(29)42-23-30)37(28-11-5-2-6-12-28)39-32-16-8-14-27-13-7-15-31(36(27)32)38(33)39/h1-24H. The molecule has 2 aromatic heterocycles. The molecular formula is C40H24N2. The van der Waals surface area contributed by atoms with Gasteiger partial charge in [-0.1, -0.05) is 109 Å². The molecule has 1 aliphatic carbocycles. The SMILES string of the molecule is c1ccc(-c2cc(-c3cnc4c(ccc5ccncc54)c3)c(-c3ccccc3)c3c2-c2cccc4cccc-3c24)cc1. The molecule has 0 unspecified atom stereocenters. The van der Waals surface area contributed by atoms with Gasteiger partial charge in [-0.15, -0.1) is 0 Å². The van der Waals surface area contributed by atoms with Gasteiger partial charge in [-0.2, -0.15) is 0 Å². The van der Waals surface area contributed by atoms with Gasteiger partial charge in [0.1, 0.15) is 0 Å². The Morgan fingerprint density at radius 1 is 0.405 bits per heavy atom. The summed E-state index contributed by atoms with van der Waals surface area (Å²) < 4.78 is 0. The highest BCUT2D eigenvalue weighted by atomic mass is 14.7. The minimum absolute atomic E-state index is 0.979. The van der Waals surface area contributed by atoms with Gasteiger partial charge in [0.2, 0.25) is 0 Å². The summed E-state index contributed by atoms with van der Waals surface area (Å²) >= 11 is 0. The van der Waals surface area contributed by atoms with Crippen LogP contribution in [0.5, 0.6) is 0 Å². The molecule has 194 valence electrons. The smallest absolute Gasteiger partial charge is 0.0796 e. The number of hydrogen-bond donors (Lipinski definition) is 0. The number of benzene rings is 6. The van der Waals surface area contributed by atoms with Gasteiger partial charge < -0.3 is 0 Å². The Kier molecular flexibility index (Phi) is 4.93. The molecule has 0 saturated carbocycles. The van der Waals surface area contributed by atoms with Gasteiger partial charge in [0.05, 0.1) is 5.52 Å². The van der Waals surface area contributed by atoms with Crippen molar-refractivity contribution in [2.75, 3.05) is 0 Å². The molecule has 0 fully saturated rings. The zero-order valence-electron chi connectivity index (χ0n) is 22.8. The molecule has 0 saturated heterocycles. The number of hydrogen-bond acceptors (Lipinski definition) is 2. The fraction of sp³-hybridized carbons (Fsp3) is 0. The first kappa shape index (κ1) is 23.1. The van der Waals surface area contributed by atoms with Crippen molar-refractivity contribution < 1.29 is 0 Å². The van der Waals surface area contributed by atoms with Crippen LogP contribution in [-0.2, 0) is 0 Å². The zero-order chi connectivity index (χ0) is 27.6. The maximum Gasteiger partial charge on any atom is 0.0796 e. The van der Waals surface area contributed by atoms with E-state index in [1.54, 1.807) is 0 Å². The first-order valence-electron chi connectivity index (χ1n) is 14.3. The summed E-state index contributed by atoms with van der Waals surface area (Å²) in [7, 11) is 0. The summed E-state index contributed by atoms with van der Waals surface area (Å²) in [6, 6.07) is 46.1. The van der Waals surface area contributed by atoms with Crippen molar-refractivity contribution in [3.05, 3.63) is 146 Å². The van der Waals surface area contributed by atoms with Crippen molar-refractivity contribution >= 4 is 32.4 Å². The summed E-state index contributed by atoms with van der Waals surface area (Å²) in [4.78, 5) is 9.43. The van der Waals surface area contributed by atoms with Crippen LogP contribution in [0.2, 0.25) is 0 Å². The number of rotatable bonds is 3. The van der Waals surface area contributed by atoms with E-state index in [1.807, 2.05) is 24.7 Å². The number of aromatic nitrogens is 2. The van der Waals surface area contributed by atoms with Crippen LogP contribution in [0.3, 0.4) is 0 Å². The Balaban J connectivity index is 1.43. The monoisotopic (exact) mass is 532 g/mol. The van der Waals surface area contributed by atoms with E-state index in [2.05, 4.69) is 126 Å². The maximum absolute atomic E-state index is 5.05. The van der Waals surface area contributed by atoms with Gasteiger partial charge in [0.25, 0.3) is 0 Å². The first-order valence-corrected chi connectivity index (χ1v) is 14.3. The minimum atomic E-state index is 0.979. The van der Waals surface area contributed by atoms with E-state index >= 15 is 0 Å². The second-order valence-electron chi connectivity index (χ2n) is 11.0. The third kappa shape index (κ3) is 3.33. The molecule has 2 heteroatoms. The van der Waals surface area contributed by atoms with E-state index in [9.17, 15) is 0 Å². The number of pyridine rings is 2. The Hall–Kier alpha value is -5.60. The lowest BCUT2D eigenvalue weighted by Crippen LogP contribution is -1.95. The predicted molar refractivity (Wildman–Crippen MR) is 175 cm³/mol. The van der Waals surface area contributed by atoms with E-state index in [1.165, 1.54) is 60.8 Å². The lowest BCUT2D eigenvalue weighted by molar-refractivity contribution is 1.36. The van der Waals surface area contributed by atoms with Gasteiger partial charge in [0.15, 0.2) is 0 Å². The maximum atomic E-state index is 5.05. The predicted octanol–water partition coefficient (Wildman–Crippen LogP) is 10.6. The van der Waals surface area contributed by atoms with Crippen LogP contribution in [0.4, 0.5) is 0 Å². The van der Waals surface area contributed by atoms with E-state index in [0.717, 1.165) is 27.2 Å². The molecule has 0 spiro atoms. The highest BCUT2D eigenvalue weighted by molar-refractivity contribution is 6.23. The van der Waals surface area contributed by atoms with Crippen LogP contribution in [-0.4, -0.2) is 9.97 Å². The van der Waals surface area contributed by atoms with E-state index < -0.39 is 0 Å². The lowest BCUT2D eigenvalue weighted by Gasteiger charge is -2.21. The van der Waals surface area contributed by atoms with Crippen molar-refractivity contribution in [2.45, 2.75) is 0 Å². The largest absolute Gasteiger partial charge is 0.264 e. The molecule has 42 heavy (non-hydrogen) atoms. The molecule has 0 atom stereocenters. The second kappa shape index (κ2) is 8.95. The van der Waals surface area contributed by atoms with Crippen LogP contribution in [0.1, 0.15) is 0 Å². The highest BCUT2D eigenvalue weighted by Crippen LogP contribution is 2.57. The van der Waals surface area contributed by atoms with Gasteiger partial charge in [0, 0.05) is 34.9 Å².